The molecule has 0 radical (unpaired) electrons. The molecule has 3 fully saturated rings. The maximum atomic E-state index is 12.5. The van der Waals surface area contributed by atoms with Gasteiger partial charge in [0, 0.05) is 18.1 Å². The molecule has 4 heterocycles. The molecule has 0 spiro atoms. The Morgan fingerprint density at radius 3 is 1.45 bits per heavy atom. The molecule has 7 aromatic rings. The van der Waals surface area contributed by atoms with E-state index in [9.17, 15) is 13.2 Å². The largest absolute Gasteiger partial charge is 0.573 e. The number of aromatic nitrogens is 3. The Bertz CT molecular complexity index is 2740. The summed E-state index contributed by atoms with van der Waals surface area (Å²) in [4.78, 5) is 0. The normalized spacial score (nSPS) is 20.1. The summed E-state index contributed by atoms with van der Waals surface area (Å²) in [6, 6.07) is 52.5. The summed E-state index contributed by atoms with van der Waals surface area (Å²) < 4.78 is 54.2. The average Bonchev–Trinajstić information content (AvgIpc) is 4.01. The zero-order valence-corrected chi connectivity index (χ0v) is 43.9. The fraction of sp³-hybridized carbons (Fsp3) is 0.415. The number of nitrogens with one attached hydrogen (secondary N) is 3. The second-order valence-corrected chi connectivity index (χ2v) is 20.1. The minimum Gasteiger partial charge on any atom is -0.496 e. The molecule has 0 amide bonds. The number of halogens is 3. The Morgan fingerprint density at radius 2 is 0.987 bits per heavy atom. The van der Waals surface area contributed by atoms with Gasteiger partial charge >= 0.3 is 6.36 Å². The molecule has 0 unspecified atom stereocenters. The second-order valence-electron chi connectivity index (χ2n) is 20.1. The number of ether oxygens (including phenoxy) is 3. The van der Waals surface area contributed by atoms with Crippen molar-refractivity contribution in [3.8, 4) is 22.9 Å². The molecule has 3 saturated heterocycles. The number of piperidine rings is 3. The fourth-order valence-electron chi connectivity index (χ4n) is 11.4. The van der Waals surface area contributed by atoms with E-state index in [2.05, 4.69) is 147 Å². The third-order valence-corrected chi connectivity index (χ3v) is 15.3. The van der Waals surface area contributed by atoms with E-state index < -0.39 is 6.36 Å². The van der Waals surface area contributed by atoms with Crippen LogP contribution in [-0.2, 0) is 19.3 Å². The van der Waals surface area contributed by atoms with Gasteiger partial charge in [0.2, 0.25) is 0 Å². The molecular weight excluding hydrogens is 970 g/mol. The van der Waals surface area contributed by atoms with Crippen LogP contribution in [0.3, 0.4) is 0 Å². The standard InChI is InChI=1S/C22H26N4.C21H24F3NO2.C20H25NO.2CH4/c1-17-9-12-21(26-15-14-24-25-26)16-20(17)11-10-19-8-5-13-23-22(19)18-6-3-2-4-7-18;1-26-19-12-11-18(27-21(22,23)24)14-17(19)10-9-16-8-5-13-25-20(16)15-6-3-2-4-7-15;1-22-19-12-6-5-8-16(19)13-14-18-11-7-15-21-20(18)17-9-3-2-4-10-17;;/h2-4,6-7,9,12,14-16,19,22-23H,5,8,10-11,13H2,1H3;2-4,6-7,11-12,14,16,20,25H,5,8-10,13H2,1H3;2-6,8-10,12,18,20-21H,7,11,13-15H2,1H3;2*1H4/t19-,22+;16-,20+;18-,20+;;/m111../s1. The number of rotatable bonds is 16. The van der Waals surface area contributed by atoms with Crippen LogP contribution in [0.25, 0.3) is 5.69 Å². The number of hydrogen-bond acceptors (Lipinski definition) is 8. The van der Waals surface area contributed by atoms with E-state index in [4.69, 9.17) is 9.47 Å². The molecule has 1 aromatic heterocycles. The molecule has 3 N–H and O–H groups in total. The maximum absolute atomic E-state index is 12.5. The molecule has 9 nitrogen and oxygen atoms in total. The van der Waals surface area contributed by atoms with E-state index >= 15 is 0 Å². The quantitative estimate of drug-likeness (QED) is 0.0881. The predicted octanol–water partition coefficient (Wildman–Crippen LogP) is 15.2. The van der Waals surface area contributed by atoms with E-state index in [1.54, 1.807) is 13.3 Å². The van der Waals surface area contributed by atoms with Crippen molar-refractivity contribution in [3.63, 3.8) is 0 Å². The van der Waals surface area contributed by atoms with Gasteiger partial charge in [-0.3, -0.25) is 0 Å². The first-order chi connectivity index (χ1) is 36.7. The topological polar surface area (TPSA) is 94.5 Å². The summed E-state index contributed by atoms with van der Waals surface area (Å²) in [5.74, 6) is 3.19. The lowest BCUT2D eigenvalue weighted by molar-refractivity contribution is -0.274. The molecule has 77 heavy (non-hydrogen) atoms. The van der Waals surface area contributed by atoms with E-state index in [0.717, 1.165) is 68.7 Å². The minimum atomic E-state index is -4.70. The Morgan fingerprint density at radius 1 is 0.532 bits per heavy atom. The number of nitrogens with zero attached hydrogens (tertiary/aromatic N) is 3. The highest BCUT2D eigenvalue weighted by Gasteiger charge is 2.32. The summed E-state index contributed by atoms with van der Waals surface area (Å²) in [6.45, 7) is 5.43. The van der Waals surface area contributed by atoms with Crippen LogP contribution in [0.2, 0.25) is 0 Å². The highest BCUT2D eigenvalue weighted by atomic mass is 19.4. The van der Waals surface area contributed by atoms with Crippen LogP contribution in [-0.4, -0.2) is 55.2 Å². The number of alkyl halides is 3. The number of methoxy groups -OCH3 is 2. The molecule has 12 heteroatoms. The van der Waals surface area contributed by atoms with Gasteiger partial charge in [-0.15, -0.1) is 18.3 Å². The monoisotopic (exact) mass is 1050 g/mol. The summed E-state index contributed by atoms with van der Waals surface area (Å²) in [7, 11) is 3.28. The highest BCUT2D eigenvalue weighted by Crippen LogP contribution is 2.37. The maximum Gasteiger partial charge on any atom is 0.573 e. The second kappa shape index (κ2) is 30.5. The van der Waals surface area contributed by atoms with Crippen molar-refractivity contribution in [1.29, 1.82) is 0 Å². The van der Waals surface area contributed by atoms with Crippen molar-refractivity contribution in [2.24, 2.45) is 17.8 Å². The van der Waals surface area contributed by atoms with Gasteiger partial charge in [-0.2, -0.15) is 0 Å². The van der Waals surface area contributed by atoms with Crippen LogP contribution in [0.5, 0.6) is 17.2 Å². The van der Waals surface area contributed by atoms with Gasteiger partial charge in [0.1, 0.15) is 17.2 Å². The number of aryl methyl sites for hydroxylation is 4. The molecule has 0 aliphatic carbocycles. The number of hydrogen-bond donors (Lipinski definition) is 3. The molecule has 0 saturated carbocycles. The van der Waals surface area contributed by atoms with Crippen LogP contribution in [0.15, 0.2) is 164 Å². The SMILES string of the molecule is C.C.COc1ccc(OC(F)(F)F)cc1CC[C@H]1CCCN[C@H]1c1ccccc1.COc1ccccc1CC[C@H]1CCCN[C@H]1c1ccccc1.Cc1ccc(-n2ccnn2)cc1CC[C@H]1CCCN[C@H]1c1ccccc1. The van der Waals surface area contributed by atoms with Crippen molar-refractivity contribution >= 4 is 0 Å². The molecule has 6 atom stereocenters. The van der Waals surface area contributed by atoms with Crippen molar-refractivity contribution in [3.05, 3.63) is 203 Å². The first-order valence-electron chi connectivity index (χ1n) is 27.0. The Kier molecular flexibility index (Phi) is 23.6. The Hall–Kier alpha value is -6.47. The van der Waals surface area contributed by atoms with Crippen LogP contribution in [0.1, 0.15) is 130 Å². The van der Waals surface area contributed by atoms with Gasteiger partial charge in [0.25, 0.3) is 0 Å². The van der Waals surface area contributed by atoms with Gasteiger partial charge < -0.3 is 30.2 Å². The lowest BCUT2D eigenvalue weighted by atomic mass is 9.82. The lowest BCUT2D eigenvalue weighted by Gasteiger charge is -2.33. The molecule has 10 rings (SSSR count). The van der Waals surface area contributed by atoms with Crippen molar-refractivity contribution in [2.75, 3.05) is 33.9 Å². The molecule has 6 aromatic carbocycles. The molecule has 412 valence electrons. The van der Waals surface area contributed by atoms with Crippen LogP contribution in [0, 0.1) is 24.7 Å². The van der Waals surface area contributed by atoms with E-state index in [1.807, 2.05) is 35.1 Å². The zero-order chi connectivity index (χ0) is 52.2. The summed E-state index contributed by atoms with van der Waals surface area (Å²) in [5.41, 5.74) is 10.0. The minimum absolute atomic E-state index is 0. The van der Waals surface area contributed by atoms with Crippen molar-refractivity contribution in [1.82, 2.24) is 30.9 Å². The van der Waals surface area contributed by atoms with Gasteiger partial charge in [-0.05, 0) is 197 Å². The van der Waals surface area contributed by atoms with E-state index in [0.29, 0.717) is 42.0 Å². The third-order valence-electron chi connectivity index (χ3n) is 15.3. The number of para-hydroxylation sites is 1. The predicted molar refractivity (Wildman–Crippen MR) is 307 cm³/mol. The smallest absolute Gasteiger partial charge is 0.496 e. The van der Waals surface area contributed by atoms with Gasteiger partial charge in [-0.25, -0.2) is 4.68 Å². The Balaban J connectivity index is 0.000000186. The number of benzene rings is 6. The molecule has 3 aliphatic heterocycles. The van der Waals surface area contributed by atoms with Crippen molar-refractivity contribution in [2.45, 2.75) is 123 Å². The summed E-state index contributed by atoms with van der Waals surface area (Å²) in [5, 5.41) is 19.1. The van der Waals surface area contributed by atoms with E-state index in [-0.39, 0.29) is 26.6 Å². The van der Waals surface area contributed by atoms with Gasteiger partial charge in [0.05, 0.1) is 32.3 Å². The summed E-state index contributed by atoms with van der Waals surface area (Å²) in [6.07, 6.45) is 12.3. The zero-order valence-electron chi connectivity index (χ0n) is 43.9. The molecule has 0 bridgehead atoms. The summed E-state index contributed by atoms with van der Waals surface area (Å²) >= 11 is 0. The third kappa shape index (κ3) is 17.5. The van der Waals surface area contributed by atoms with Gasteiger partial charge in [-0.1, -0.05) is 135 Å². The fourth-order valence-corrected chi connectivity index (χ4v) is 11.4. The first-order valence-corrected chi connectivity index (χ1v) is 27.0. The van der Waals surface area contributed by atoms with Crippen LogP contribution < -0.4 is 30.2 Å². The molecule has 3 aliphatic rings. The van der Waals surface area contributed by atoms with Crippen LogP contribution >= 0.6 is 0 Å². The van der Waals surface area contributed by atoms with Crippen molar-refractivity contribution < 1.29 is 27.4 Å². The lowest BCUT2D eigenvalue weighted by Crippen LogP contribution is -2.34. The first kappa shape index (κ1) is 59.8. The van der Waals surface area contributed by atoms with Gasteiger partial charge in [0.15, 0.2) is 0 Å². The molecular formula is C65H83F3N6O3. The Labute approximate surface area is 457 Å². The van der Waals surface area contributed by atoms with E-state index in [1.165, 1.54) is 97.2 Å². The van der Waals surface area contributed by atoms with Crippen LogP contribution in [0.4, 0.5) is 13.2 Å². The average molecular weight is 1050 g/mol. The highest BCUT2D eigenvalue weighted by molar-refractivity contribution is 5.41.